The van der Waals surface area contributed by atoms with Crippen LogP contribution in [0.2, 0.25) is 0 Å². The molecule has 0 aliphatic carbocycles. The van der Waals surface area contributed by atoms with Gasteiger partial charge in [0.1, 0.15) is 12.0 Å². The number of nitrogens with zero attached hydrogens (tertiary/aromatic N) is 3. The van der Waals surface area contributed by atoms with Crippen LogP contribution >= 0.6 is 0 Å². The average molecular weight is 273 g/mol. The third kappa shape index (κ3) is 3.21. The van der Waals surface area contributed by atoms with Gasteiger partial charge in [-0.25, -0.2) is 9.97 Å². The van der Waals surface area contributed by atoms with Crippen LogP contribution < -0.4 is 0 Å². The number of carbonyl (C=O) groups is 1. The van der Waals surface area contributed by atoms with Gasteiger partial charge < -0.3 is 4.90 Å². The van der Waals surface area contributed by atoms with Crippen LogP contribution in [0.15, 0.2) is 12.4 Å². The van der Waals surface area contributed by atoms with Gasteiger partial charge in [-0.1, -0.05) is 0 Å². The highest BCUT2D eigenvalue weighted by atomic mass is 19.4. The van der Waals surface area contributed by atoms with E-state index in [1.807, 2.05) is 0 Å². The highest BCUT2D eigenvalue weighted by Crippen LogP contribution is 2.31. The molecular formula is C12H14F3N3O. The molecule has 104 valence electrons. The van der Waals surface area contributed by atoms with Gasteiger partial charge in [-0.05, 0) is 18.9 Å². The van der Waals surface area contributed by atoms with Crippen LogP contribution in [0, 0.1) is 0 Å². The summed E-state index contributed by atoms with van der Waals surface area (Å²) in [5.41, 5.74) is -0.578. The maximum Gasteiger partial charge on any atom is 0.433 e. The molecule has 0 saturated carbocycles. The molecule has 0 spiro atoms. The van der Waals surface area contributed by atoms with Crippen molar-refractivity contribution in [2.45, 2.75) is 31.9 Å². The van der Waals surface area contributed by atoms with Crippen molar-refractivity contribution in [3.05, 3.63) is 23.8 Å². The van der Waals surface area contributed by atoms with Gasteiger partial charge in [-0.15, -0.1) is 0 Å². The summed E-state index contributed by atoms with van der Waals surface area (Å²) in [5.74, 6) is -0.212. The molecule has 4 nitrogen and oxygen atoms in total. The SMILES string of the molecule is CC(=O)N1CCC[C@@H](c2cc(C(F)(F)F)ncn2)C1. The number of hydrogen-bond donors (Lipinski definition) is 0. The maximum absolute atomic E-state index is 12.6. The minimum atomic E-state index is -4.47. The lowest BCUT2D eigenvalue weighted by atomic mass is 9.94. The molecule has 0 bridgehead atoms. The Morgan fingerprint density at radius 3 is 2.79 bits per heavy atom. The first-order valence-corrected chi connectivity index (χ1v) is 6.02. The van der Waals surface area contributed by atoms with E-state index in [9.17, 15) is 18.0 Å². The van der Waals surface area contributed by atoms with Crippen molar-refractivity contribution < 1.29 is 18.0 Å². The van der Waals surface area contributed by atoms with Gasteiger partial charge in [-0.3, -0.25) is 4.79 Å². The fourth-order valence-electron chi connectivity index (χ4n) is 2.26. The van der Waals surface area contributed by atoms with Crippen LogP contribution in [-0.2, 0) is 11.0 Å². The van der Waals surface area contributed by atoms with E-state index in [0.29, 0.717) is 18.8 Å². The number of alkyl halides is 3. The van der Waals surface area contributed by atoms with Crippen LogP contribution in [0.5, 0.6) is 0 Å². The molecule has 1 aliphatic rings. The molecule has 2 heterocycles. The summed E-state index contributed by atoms with van der Waals surface area (Å²) in [5, 5.41) is 0. The number of rotatable bonds is 1. The van der Waals surface area contributed by atoms with Crippen molar-refractivity contribution in [1.29, 1.82) is 0 Å². The summed E-state index contributed by atoms with van der Waals surface area (Å²) >= 11 is 0. The topological polar surface area (TPSA) is 46.1 Å². The van der Waals surface area contributed by atoms with Gasteiger partial charge in [0.25, 0.3) is 0 Å². The molecule has 0 unspecified atom stereocenters. The number of piperidine rings is 1. The number of hydrogen-bond acceptors (Lipinski definition) is 3. The molecule has 0 N–H and O–H groups in total. The molecule has 1 saturated heterocycles. The third-order valence-corrected chi connectivity index (χ3v) is 3.26. The Hall–Kier alpha value is -1.66. The number of amides is 1. The van der Waals surface area contributed by atoms with Crippen molar-refractivity contribution in [2.24, 2.45) is 0 Å². The zero-order valence-corrected chi connectivity index (χ0v) is 10.4. The van der Waals surface area contributed by atoms with Crippen molar-refractivity contribution in [1.82, 2.24) is 14.9 Å². The van der Waals surface area contributed by atoms with Gasteiger partial charge in [0.2, 0.25) is 5.91 Å². The Kier molecular flexibility index (Phi) is 3.73. The molecule has 1 aromatic rings. The number of aromatic nitrogens is 2. The van der Waals surface area contributed by atoms with Crippen molar-refractivity contribution in [3.63, 3.8) is 0 Å². The number of halogens is 3. The molecule has 1 aromatic heterocycles. The first-order chi connectivity index (χ1) is 8.88. The Morgan fingerprint density at radius 2 is 2.16 bits per heavy atom. The second-order valence-corrected chi connectivity index (χ2v) is 4.63. The number of likely N-dealkylation sites (tertiary alicyclic amines) is 1. The van der Waals surface area contributed by atoms with Gasteiger partial charge in [0.15, 0.2) is 0 Å². The Morgan fingerprint density at radius 1 is 1.42 bits per heavy atom. The van der Waals surface area contributed by atoms with E-state index in [4.69, 9.17) is 0 Å². The molecule has 1 aliphatic heterocycles. The van der Waals surface area contributed by atoms with Gasteiger partial charge >= 0.3 is 6.18 Å². The van der Waals surface area contributed by atoms with Crippen LogP contribution in [0.4, 0.5) is 13.2 Å². The summed E-state index contributed by atoms with van der Waals surface area (Å²) in [6.45, 7) is 2.54. The molecule has 0 aromatic carbocycles. The largest absolute Gasteiger partial charge is 0.433 e. The van der Waals surface area contributed by atoms with E-state index in [1.54, 1.807) is 4.90 Å². The highest BCUT2D eigenvalue weighted by molar-refractivity contribution is 5.73. The van der Waals surface area contributed by atoms with Gasteiger partial charge in [0.05, 0.1) is 0 Å². The standard InChI is InChI=1S/C12H14F3N3O/c1-8(19)18-4-2-3-9(6-18)10-5-11(12(13,14)15)17-7-16-10/h5,7,9H,2-4,6H2,1H3/t9-/m1/s1. The summed E-state index contributed by atoms with van der Waals surface area (Å²) in [6.07, 6.45) is -2.02. The Balaban J connectivity index is 2.20. The molecule has 1 amide bonds. The molecular weight excluding hydrogens is 259 g/mol. The second-order valence-electron chi connectivity index (χ2n) is 4.63. The highest BCUT2D eigenvalue weighted by Gasteiger charge is 2.34. The lowest BCUT2D eigenvalue weighted by molar-refractivity contribution is -0.141. The first kappa shape index (κ1) is 13.8. The predicted octanol–water partition coefficient (Wildman–Crippen LogP) is 2.22. The smallest absolute Gasteiger partial charge is 0.342 e. The maximum atomic E-state index is 12.6. The lowest BCUT2D eigenvalue weighted by Crippen LogP contribution is -2.37. The minimum absolute atomic E-state index is 0.0604. The Labute approximate surface area is 108 Å². The fourth-order valence-corrected chi connectivity index (χ4v) is 2.26. The van der Waals surface area contributed by atoms with Crippen molar-refractivity contribution in [2.75, 3.05) is 13.1 Å². The van der Waals surface area contributed by atoms with Crippen LogP contribution in [0.3, 0.4) is 0 Å². The monoisotopic (exact) mass is 273 g/mol. The van der Waals surface area contributed by atoms with E-state index in [1.165, 1.54) is 6.92 Å². The zero-order valence-electron chi connectivity index (χ0n) is 10.4. The van der Waals surface area contributed by atoms with E-state index in [-0.39, 0.29) is 11.8 Å². The van der Waals surface area contributed by atoms with E-state index < -0.39 is 11.9 Å². The first-order valence-electron chi connectivity index (χ1n) is 6.02. The summed E-state index contributed by atoms with van der Waals surface area (Å²) in [6, 6.07) is 0.980. The molecule has 7 heteroatoms. The number of carbonyl (C=O) groups excluding carboxylic acids is 1. The van der Waals surface area contributed by atoms with Crippen molar-refractivity contribution >= 4 is 5.91 Å². The summed E-state index contributed by atoms with van der Waals surface area (Å²) < 4.78 is 37.8. The van der Waals surface area contributed by atoms with E-state index in [0.717, 1.165) is 25.2 Å². The van der Waals surface area contributed by atoms with Gasteiger partial charge in [-0.2, -0.15) is 13.2 Å². The minimum Gasteiger partial charge on any atom is -0.342 e. The molecule has 1 atom stereocenters. The zero-order chi connectivity index (χ0) is 14.0. The summed E-state index contributed by atoms with van der Waals surface area (Å²) in [4.78, 5) is 20.1. The van der Waals surface area contributed by atoms with Crippen LogP contribution in [-0.4, -0.2) is 33.9 Å². The van der Waals surface area contributed by atoms with Crippen molar-refractivity contribution in [3.8, 4) is 0 Å². The lowest BCUT2D eigenvalue weighted by Gasteiger charge is -2.31. The average Bonchev–Trinajstić information content (AvgIpc) is 2.38. The normalized spacial score (nSPS) is 20.4. The van der Waals surface area contributed by atoms with Gasteiger partial charge in [0, 0.05) is 31.6 Å². The fraction of sp³-hybridized carbons (Fsp3) is 0.583. The summed E-state index contributed by atoms with van der Waals surface area (Å²) in [7, 11) is 0. The quantitative estimate of drug-likeness (QED) is 0.788. The van der Waals surface area contributed by atoms with E-state index in [2.05, 4.69) is 9.97 Å². The molecule has 2 rings (SSSR count). The second kappa shape index (κ2) is 5.14. The molecule has 0 radical (unpaired) electrons. The van der Waals surface area contributed by atoms with E-state index >= 15 is 0 Å². The molecule has 19 heavy (non-hydrogen) atoms. The Bertz CT molecular complexity index is 476. The van der Waals surface area contributed by atoms with Crippen LogP contribution in [0.25, 0.3) is 0 Å². The molecule has 1 fully saturated rings. The van der Waals surface area contributed by atoms with Crippen LogP contribution in [0.1, 0.15) is 37.1 Å². The predicted molar refractivity (Wildman–Crippen MR) is 61.3 cm³/mol. The third-order valence-electron chi connectivity index (χ3n) is 3.26.